The zero-order valence-corrected chi connectivity index (χ0v) is 9.80. The number of phenols is 1. The largest absolute Gasteiger partial charge is 0.508 e. The molecular formula is C14H16N2O. The summed E-state index contributed by atoms with van der Waals surface area (Å²) in [6.07, 6.45) is 0. The molecule has 0 atom stereocenters. The molecular weight excluding hydrogens is 212 g/mol. The highest BCUT2D eigenvalue weighted by atomic mass is 16.3. The zero-order chi connectivity index (χ0) is 12.3. The second-order valence-corrected chi connectivity index (χ2v) is 3.95. The summed E-state index contributed by atoms with van der Waals surface area (Å²) in [5.74, 6) is 0.276. The fourth-order valence-electron chi connectivity index (χ4n) is 1.72. The Hall–Kier alpha value is -2.00. The zero-order valence-electron chi connectivity index (χ0n) is 9.80. The third-order valence-corrected chi connectivity index (χ3v) is 2.77. The van der Waals surface area contributed by atoms with Crippen LogP contribution < -0.4 is 10.6 Å². The van der Waals surface area contributed by atoms with Crippen LogP contribution in [0, 0.1) is 0 Å². The van der Waals surface area contributed by atoms with Gasteiger partial charge in [-0.3, -0.25) is 0 Å². The Kier molecular flexibility index (Phi) is 3.30. The smallest absolute Gasteiger partial charge is 0.115 e. The van der Waals surface area contributed by atoms with Crippen molar-refractivity contribution in [1.29, 1.82) is 0 Å². The van der Waals surface area contributed by atoms with Crippen molar-refractivity contribution in [3.8, 4) is 5.75 Å². The number of phenolic OH excluding ortho intramolecular Hbond substituents is 1. The third-order valence-electron chi connectivity index (χ3n) is 2.77. The van der Waals surface area contributed by atoms with Crippen molar-refractivity contribution in [2.24, 2.45) is 5.73 Å². The van der Waals surface area contributed by atoms with Crippen LogP contribution >= 0.6 is 0 Å². The molecule has 0 aliphatic carbocycles. The number of rotatable bonds is 3. The maximum atomic E-state index is 9.26. The normalized spacial score (nSPS) is 10.2. The van der Waals surface area contributed by atoms with Crippen molar-refractivity contribution in [3.63, 3.8) is 0 Å². The average molecular weight is 228 g/mol. The van der Waals surface area contributed by atoms with E-state index in [0.717, 1.165) is 16.9 Å². The first kappa shape index (κ1) is 11.5. The lowest BCUT2D eigenvalue weighted by molar-refractivity contribution is 0.475. The molecule has 0 fully saturated rings. The van der Waals surface area contributed by atoms with E-state index in [1.165, 1.54) is 0 Å². The Balaban J connectivity index is 2.29. The van der Waals surface area contributed by atoms with E-state index in [9.17, 15) is 5.11 Å². The number of hydrogen-bond donors (Lipinski definition) is 2. The second-order valence-electron chi connectivity index (χ2n) is 3.95. The lowest BCUT2D eigenvalue weighted by atomic mass is 10.2. The van der Waals surface area contributed by atoms with Gasteiger partial charge in [-0.15, -0.1) is 0 Å². The fraction of sp³-hybridized carbons (Fsp3) is 0.143. The Bertz CT molecular complexity index is 494. The van der Waals surface area contributed by atoms with Gasteiger partial charge in [-0.1, -0.05) is 12.1 Å². The lowest BCUT2D eigenvalue weighted by Gasteiger charge is -2.20. The fourth-order valence-corrected chi connectivity index (χ4v) is 1.72. The van der Waals surface area contributed by atoms with Gasteiger partial charge >= 0.3 is 0 Å². The van der Waals surface area contributed by atoms with E-state index in [1.54, 1.807) is 12.1 Å². The average Bonchev–Trinajstić information content (AvgIpc) is 2.39. The molecule has 3 N–H and O–H groups in total. The molecule has 0 radical (unpaired) electrons. The first-order valence-electron chi connectivity index (χ1n) is 5.52. The molecule has 0 bridgehead atoms. The summed E-state index contributed by atoms with van der Waals surface area (Å²) < 4.78 is 0. The van der Waals surface area contributed by atoms with Crippen LogP contribution in [0.25, 0.3) is 0 Å². The van der Waals surface area contributed by atoms with E-state index < -0.39 is 0 Å². The molecule has 2 rings (SSSR count). The van der Waals surface area contributed by atoms with Crippen LogP contribution in [0.2, 0.25) is 0 Å². The van der Waals surface area contributed by atoms with Crippen LogP contribution in [0.4, 0.5) is 11.4 Å². The molecule has 17 heavy (non-hydrogen) atoms. The van der Waals surface area contributed by atoms with Gasteiger partial charge in [0.25, 0.3) is 0 Å². The summed E-state index contributed by atoms with van der Waals surface area (Å²) in [6, 6.07) is 15.2. The van der Waals surface area contributed by atoms with Gasteiger partial charge in [-0.05, 0) is 42.0 Å². The van der Waals surface area contributed by atoms with Crippen LogP contribution in [0.3, 0.4) is 0 Å². The molecule has 0 aliphatic heterocycles. The van der Waals surface area contributed by atoms with E-state index in [0.29, 0.717) is 6.54 Å². The minimum absolute atomic E-state index is 0.276. The summed E-state index contributed by atoms with van der Waals surface area (Å²) in [4.78, 5) is 2.05. The predicted octanol–water partition coefficient (Wildman–Crippen LogP) is 2.62. The minimum atomic E-state index is 0.276. The van der Waals surface area contributed by atoms with E-state index >= 15 is 0 Å². The molecule has 0 saturated heterocycles. The van der Waals surface area contributed by atoms with Gasteiger partial charge in [0.2, 0.25) is 0 Å². The molecule has 0 unspecified atom stereocenters. The van der Waals surface area contributed by atoms with Gasteiger partial charge in [-0.2, -0.15) is 0 Å². The number of nitrogens with two attached hydrogens (primary N) is 1. The molecule has 0 saturated carbocycles. The van der Waals surface area contributed by atoms with Gasteiger partial charge in [0, 0.05) is 25.0 Å². The SMILES string of the molecule is CN(c1ccc(O)cc1)c1cccc(CN)c1. The monoisotopic (exact) mass is 228 g/mol. The standard InChI is InChI=1S/C14H16N2O/c1-16(12-5-7-14(17)8-6-12)13-4-2-3-11(9-13)10-15/h2-9,17H,10,15H2,1H3. The van der Waals surface area contributed by atoms with Crippen molar-refractivity contribution < 1.29 is 5.11 Å². The number of hydrogen-bond acceptors (Lipinski definition) is 3. The Morgan fingerprint density at radius 1 is 1.06 bits per heavy atom. The van der Waals surface area contributed by atoms with Crippen LogP contribution in [-0.4, -0.2) is 12.2 Å². The molecule has 3 heteroatoms. The Labute approximate surface area is 101 Å². The van der Waals surface area contributed by atoms with E-state index in [4.69, 9.17) is 5.73 Å². The van der Waals surface area contributed by atoms with Gasteiger partial charge in [0.15, 0.2) is 0 Å². The molecule has 0 heterocycles. The molecule has 0 spiro atoms. The number of nitrogens with zero attached hydrogens (tertiary/aromatic N) is 1. The van der Waals surface area contributed by atoms with Crippen molar-refractivity contribution in [3.05, 3.63) is 54.1 Å². The quantitative estimate of drug-likeness (QED) is 0.849. The van der Waals surface area contributed by atoms with Crippen LogP contribution in [0.1, 0.15) is 5.56 Å². The van der Waals surface area contributed by atoms with Crippen molar-refractivity contribution in [2.45, 2.75) is 6.54 Å². The summed E-state index contributed by atoms with van der Waals surface area (Å²) in [5, 5.41) is 9.26. The maximum absolute atomic E-state index is 9.26. The van der Waals surface area contributed by atoms with Crippen LogP contribution in [0.15, 0.2) is 48.5 Å². The predicted molar refractivity (Wildman–Crippen MR) is 70.5 cm³/mol. The van der Waals surface area contributed by atoms with Gasteiger partial charge in [0.1, 0.15) is 5.75 Å². The molecule has 0 amide bonds. The van der Waals surface area contributed by atoms with E-state index in [-0.39, 0.29) is 5.75 Å². The summed E-state index contributed by atoms with van der Waals surface area (Å²) in [6.45, 7) is 0.539. The van der Waals surface area contributed by atoms with Crippen molar-refractivity contribution in [1.82, 2.24) is 0 Å². The summed E-state index contributed by atoms with van der Waals surface area (Å²) in [7, 11) is 1.99. The first-order chi connectivity index (χ1) is 8.20. The topological polar surface area (TPSA) is 49.5 Å². The third kappa shape index (κ3) is 2.57. The number of benzene rings is 2. The molecule has 88 valence electrons. The summed E-state index contributed by atoms with van der Waals surface area (Å²) >= 11 is 0. The highest BCUT2D eigenvalue weighted by Gasteiger charge is 2.04. The maximum Gasteiger partial charge on any atom is 0.115 e. The molecule has 0 aromatic heterocycles. The van der Waals surface area contributed by atoms with Crippen molar-refractivity contribution >= 4 is 11.4 Å². The van der Waals surface area contributed by atoms with E-state index in [1.807, 2.05) is 37.4 Å². The second kappa shape index (κ2) is 4.89. The summed E-state index contributed by atoms with van der Waals surface area (Å²) in [5.41, 5.74) is 8.84. The van der Waals surface area contributed by atoms with Gasteiger partial charge < -0.3 is 15.7 Å². The highest BCUT2D eigenvalue weighted by Crippen LogP contribution is 2.25. The van der Waals surface area contributed by atoms with E-state index in [2.05, 4.69) is 11.0 Å². The first-order valence-corrected chi connectivity index (χ1v) is 5.52. The lowest BCUT2D eigenvalue weighted by Crippen LogP contribution is -2.09. The van der Waals surface area contributed by atoms with Crippen molar-refractivity contribution in [2.75, 3.05) is 11.9 Å². The number of aromatic hydroxyl groups is 1. The van der Waals surface area contributed by atoms with Gasteiger partial charge in [0.05, 0.1) is 0 Å². The van der Waals surface area contributed by atoms with Gasteiger partial charge in [-0.25, -0.2) is 0 Å². The number of anilines is 2. The molecule has 2 aromatic carbocycles. The highest BCUT2D eigenvalue weighted by molar-refractivity contribution is 5.63. The Morgan fingerprint density at radius 2 is 1.76 bits per heavy atom. The Morgan fingerprint density at radius 3 is 2.41 bits per heavy atom. The minimum Gasteiger partial charge on any atom is -0.508 e. The molecule has 0 aliphatic rings. The van der Waals surface area contributed by atoms with Crippen LogP contribution in [-0.2, 0) is 6.54 Å². The van der Waals surface area contributed by atoms with Crippen LogP contribution in [0.5, 0.6) is 5.75 Å². The molecule has 3 nitrogen and oxygen atoms in total. The molecule has 2 aromatic rings.